The average Bonchev–Trinajstić information content (AvgIpc) is 2.47. The van der Waals surface area contributed by atoms with Crippen molar-refractivity contribution >= 4 is 11.9 Å². The smallest absolute Gasteiger partial charge is 0.306 e. The first-order valence-electron chi connectivity index (χ1n) is 8.11. The summed E-state index contributed by atoms with van der Waals surface area (Å²) in [6.07, 6.45) is 7.20. The second kappa shape index (κ2) is 11.5. The molecule has 0 radical (unpaired) electrons. The molecule has 0 unspecified atom stereocenters. The number of nitrogens with two attached hydrogens (primary N) is 1. The first-order chi connectivity index (χ1) is 9.96. The molecule has 0 bridgehead atoms. The summed E-state index contributed by atoms with van der Waals surface area (Å²) < 4.78 is 0. The van der Waals surface area contributed by atoms with Crippen molar-refractivity contribution in [2.75, 3.05) is 6.54 Å². The van der Waals surface area contributed by atoms with Crippen molar-refractivity contribution in [3.8, 4) is 0 Å². The molecular weight excluding hydrogens is 270 g/mol. The maximum atomic E-state index is 10.5. The molecular formula is C16H31NO4. The third-order valence-electron chi connectivity index (χ3n) is 4.15. The van der Waals surface area contributed by atoms with Gasteiger partial charge in [0, 0.05) is 0 Å². The van der Waals surface area contributed by atoms with Crippen LogP contribution >= 0.6 is 0 Å². The van der Waals surface area contributed by atoms with E-state index in [-0.39, 0.29) is 11.8 Å². The Morgan fingerprint density at radius 2 is 1.52 bits per heavy atom. The van der Waals surface area contributed by atoms with Gasteiger partial charge < -0.3 is 15.9 Å². The zero-order chi connectivity index (χ0) is 16.3. The van der Waals surface area contributed by atoms with Crippen LogP contribution in [0.15, 0.2) is 0 Å². The molecule has 21 heavy (non-hydrogen) atoms. The predicted molar refractivity (Wildman–Crippen MR) is 83.1 cm³/mol. The fraction of sp³-hybridized carbons (Fsp3) is 0.875. The number of carboxylic acids is 2. The summed E-state index contributed by atoms with van der Waals surface area (Å²) in [6.45, 7) is 4.75. The van der Waals surface area contributed by atoms with Crippen LogP contribution < -0.4 is 5.73 Å². The van der Waals surface area contributed by atoms with E-state index < -0.39 is 11.9 Å². The molecule has 0 aromatic heterocycles. The molecule has 0 aliphatic heterocycles. The molecule has 5 nitrogen and oxygen atoms in total. The van der Waals surface area contributed by atoms with E-state index >= 15 is 0 Å². The Bertz CT molecular complexity index is 293. The fourth-order valence-corrected chi connectivity index (χ4v) is 2.73. The van der Waals surface area contributed by atoms with Crippen molar-refractivity contribution in [1.82, 2.24) is 0 Å². The predicted octanol–water partition coefficient (Wildman–Crippen LogP) is 3.12. The van der Waals surface area contributed by atoms with Crippen LogP contribution in [0.25, 0.3) is 0 Å². The quantitative estimate of drug-likeness (QED) is 0.670. The minimum absolute atomic E-state index is 0.0993. The molecule has 124 valence electrons. The Labute approximate surface area is 127 Å². The van der Waals surface area contributed by atoms with Crippen LogP contribution in [0, 0.1) is 17.8 Å². The molecule has 0 aromatic rings. The first-order valence-corrected chi connectivity index (χ1v) is 8.11. The number of rotatable bonds is 7. The number of carboxylic acid groups (broad SMARTS) is 2. The Balaban J connectivity index is 0.000000384. The monoisotopic (exact) mass is 301 g/mol. The van der Waals surface area contributed by atoms with Crippen molar-refractivity contribution < 1.29 is 19.8 Å². The highest BCUT2D eigenvalue weighted by Gasteiger charge is 2.24. The van der Waals surface area contributed by atoms with Crippen molar-refractivity contribution in [2.24, 2.45) is 23.5 Å². The lowest BCUT2D eigenvalue weighted by Crippen LogP contribution is -2.25. The lowest BCUT2D eigenvalue weighted by Gasteiger charge is -2.24. The molecule has 1 saturated carbocycles. The van der Waals surface area contributed by atoms with E-state index in [4.69, 9.17) is 15.9 Å². The van der Waals surface area contributed by atoms with Gasteiger partial charge in [-0.3, -0.25) is 9.59 Å². The van der Waals surface area contributed by atoms with Gasteiger partial charge in [0.25, 0.3) is 0 Å². The van der Waals surface area contributed by atoms with Crippen LogP contribution in [-0.4, -0.2) is 28.7 Å². The average molecular weight is 301 g/mol. The largest absolute Gasteiger partial charge is 0.481 e. The van der Waals surface area contributed by atoms with E-state index in [2.05, 4.69) is 0 Å². The number of carbonyl (C=O) groups is 2. The van der Waals surface area contributed by atoms with E-state index in [1.54, 1.807) is 0 Å². The summed E-state index contributed by atoms with van der Waals surface area (Å²) in [5, 5.41) is 17.3. The summed E-state index contributed by atoms with van der Waals surface area (Å²) in [5.41, 5.74) is 5.48. The van der Waals surface area contributed by atoms with Gasteiger partial charge in [-0.05, 0) is 51.0 Å². The van der Waals surface area contributed by atoms with Crippen molar-refractivity contribution in [3.05, 3.63) is 0 Å². The third kappa shape index (κ3) is 8.71. The molecule has 4 N–H and O–H groups in total. The second-order valence-corrected chi connectivity index (χ2v) is 5.90. The van der Waals surface area contributed by atoms with Gasteiger partial charge in [0.05, 0.1) is 11.8 Å². The maximum absolute atomic E-state index is 10.5. The lowest BCUT2D eigenvalue weighted by atomic mass is 9.82. The van der Waals surface area contributed by atoms with Crippen LogP contribution in [-0.2, 0) is 9.59 Å². The number of hydrogen-bond acceptors (Lipinski definition) is 3. The van der Waals surface area contributed by atoms with Crippen LogP contribution in [0.2, 0.25) is 0 Å². The van der Waals surface area contributed by atoms with Crippen molar-refractivity contribution in [3.63, 3.8) is 0 Å². The van der Waals surface area contributed by atoms with Crippen LogP contribution in [0.3, 0.4) is 0 Å². The molecule has 0 spiro atoms. The van der Waals surface area contributed by atoms with E-state index in [1.807, 2.05) is 13.8 Å². The number of aliphatic carboxylic acids is 2. The summed E-state index contributed by atoms with van der Waals surface area (Å²) in [5.74, 6) is -0.900. The summed E-state index contributed by atoms with van der Waals surface area (Å²) in [6, 6.07) is 0. The molecule has 1 rings (SSSR count). The van der Waals surface area contributed by atoms with E-state index in [9.17, 15) is 9.59 Å². The van der Waals surface area contributed by atoms with Gasteiger partial charge in [-0.25, -0.2) is 0 Å². The highest BCUT2D eigenvalue weighted by atomic mass is 16.4. The normalized spacial score (nSPS) is 21.5. The fourth-order valence-electron chi connectivity index (χ4n) is 2.73. The number of hydrogen-bond donors (Lipinski definition) is 3. The van der Waals surface area contributed by atoms with Crippen LogP contribution in [0.4, 0.5) is 0 Å². The Morgan fingerprint density at radius 1 is 1.05 bits per heavy atom. The summed E-state index contributed by atoms with van der Waals surface area (Å²) in [7, 11) is 0. The zero-order valence-corrected chi connectivity index (χ0v) is 13.4. The summed E-state index contributed by atoms with van der Waals surface area (Å²) >= 11 is 0. The van der Waals surface area contributed by atoms with Gasteiger partial charge in [-0.1, -0.05) is 26.7 Å². The van der Waals surface area contributed by atoms with Gasteiger partial charge in [0.1, 0.15) is 0 Å². The SMILES string of the molecule is CCCC(CCC)C(=O)O.NCC1CCC(C(=O)O)CC1. The summed E-state index contributed by atoms with van der Waals surface area (Å²) in [4.78, 5) is 21.0. The van der Waals surface area contributed by atoms with E-state index in [1.165, 1.54) is 0 Å². The van der Waals surface area contributed by atoms with Gasteiger partial charge in [-0.15, -0.1) is 0 Å². The Hall–Kier alpha value is -1.10. The standard InChI is InChI=1S/C8H15NO2.C8H16O2/c9-5-6-1-3-7(4-2-6)8(10)11;1-3-5-7(6-4-2)8(9)10/h6-7H,1-5,9H2,(H,10,11);7H,3-6H2,1-2H3,(H,9,10). The van der Waals surface area contributed by atoms with Gasteiger partial charge >= 0.3 is 11.9 Å². The van der Waals surface area contributed by atoms with Gasteiger partial charge in [0.15, 0.2) is 0 Å². The van der Waals surface area contributed by atoms with Crippen molar-refractivity contribution in [2.45, 2.75) is 65.2 Å². The molecule has 0 atom stereocenters. The van der Waals surface area contributed by atoms with Gasteiger partial charge in [-0.2, -0.15) is 0 Å². The zero-order valence-electron chi connectivity index (χ0n) is 13.4. The van der Waals surface area contributed by atoms with Crippen LogP contribution in [0.5, 0.6) is 0 Å². The first kappa shape index (κ1) is 19.9. The van der Waals surface area contributed by atoms with Crippen molar-refractivity contribution in [1.29, 1.82) is 0 Å². The molecule has 0 amide bonds. The third-order valence-corrected chi connectivity index (χ3v) is 4.15. The Kier molecular flexibility index (Phi) is 10.9. The van der Waals surface area contributed by atoms with E-state index in [0.717, 1.165) is 51.4 Å². The van der Waals surface area contributed by atoms with E-state index in [0.29, 0.717) is 12.5 Å². The lowest BCUT2D eigenvalue weighted by molar-refractivity contribution is -0.143. The molecule has 0 heterocycles. The molecule has 0 saturated heterocycles. The molecule has 1 fully saturated rings. The maximum Gasteiger partial charge on any atom is 0.306 e. The minimum atomic E-state index is -0.638. The molecule has 1 aliphatic carbocycles. The Morgan fingerprint density at radius 3 is 1.81 bits per heavy atom. The minimum Gasteiger partial charge on any atom is -0.481 e. The van der Waals surface area contributed by atoms with Gasteiger partial charge in [0.2, 0.25) is 0 Å². The second-order valence-electron chi connectivity index (χ2n) is 5.90. The molecule has 5 heteroatoms. The highest BCUT2D eigenvalue weighted by Crippen LogP contribution is 2.27. The highest BCUT2D eigenvalue weighted by molar-refractivity contribution is 5.70. The topological polar surface area (TPSA) is 101 Å². The molecule has 1 aliphatic rings. The van der Waals surface area contributed by atoms with Crippen LogP contribution in [0.1, 0.15) is 65.2 Å². The molecule has 0 aromatic carbocycles.